The highest BCUT2D eigenvalue weighted by molar-refractivity contribution is 7.89. The van der Waals surface area contributed by atoms with Gasteiger partial charge in [0.05, 0.1) is 24.2 Å². The molecule has 2 N–H and O–H groups in total. The van der Waals surface area contributed by atoms with Crippen molar-refractivity contribution < 1.29 is 22.3 Å². The lowest BCUT2D eigenvalue weighted by molar-refractivity contribution is 0.129. The molecular formula is C19H23FN4O4S. The van der Waals surface area contributed by atoms with Crippen molar-refractivity contribution in [1.29, 1.82) is 0 Å². The first-order chi connectivity index (χ1) is 13.9. The molecule has 1 aliphatic heterocycles. The Balaban J connectivity index is 1.65. The number of nitrogens with zero attached hydrogens (tertiary/aromatic N) is 2. The third-order valence-electron chi connectivity index (χ3n) is 4.45. The van der Waals surface area contributed by atoms with E-state index >= 15 is 0 Å². The molecule has 2 heterocycles. The van der Waals surface area contributed by atoms with E-state index in [0.717, 1.165) is 0 Å². The number of anilines is 2. The fourth-order valence-corrected chi connectivity index (χ4v) is 4.23. The Kier molecular flexibility index (Phi) is 6.65. The molecule has 0 radical (unpaired) electrons. The molecule has 1 aliphatic rings. The monoisotopic (exact) mass is 422 g/mol. The molecule has 0 bridgehead atoms. The maximum atomic E-state index is 14.0. The van der Waals surface area contributed by atoms with Gasteiger partial charge in [0.15, 0.2) is 0 Å². The molecule has 8 nitrogen and oxygen atoms in total. The molecule has 2 aromatic rings. The summed E-state index contributed by atoms with van der Waals surface area (Å²) in [4.78, 5) is 16.0. The molecule has 156 valence electrons. The molecule has 0 saturated carbocycles. The van der Waals surface area contributed by atoms with Gasteiger partial charge in [0.2, 0.25) is 10.0 Å². The number of ether oxygens (including phenoxy) is 1. The van der Waals surface area contributed by atoms with E-state index in [0.29, 0.717) is 25.1 Å². The molecule has 1 atom stereocenters. The molecule has 1 aromatic heterocycles. The van der Waals surface area contributed by atoms with Gasteiger partial charge in [-0.3, -0.25) is 4.98 Å². The van der Waals surface area contributed by atoms with Crippen molar-refractivity contribution >= 4 is 27.4 Å². The van der Waals surface area contributed by atoms with E-state index < -0.39 is 21.9 Å². The van der Waals surface area contributed by atoms with Crippen LogP contribution in [0.3, 0.4) is 0 Å². The second-order valence-corrected chi connectivity index (χ2v) is 8.89. The maximum Gasteiger partial charge on any atom is 0.323 e. The zero-order valence-corrected chi connectivity index (χ0v) is 16.8. The van der Waals surface area contributed by atoms with E-state index in [1.807, 2.05) is 0 Å². The van der Waals surface area contributed by atoms with Crippen LogP contribution in [-0.2, 0) is 10.0 Å². The number of carbonyl (C=O) groups excluding carboxylic acids is 1. The highest BCUT2D eigenvalue weighted by Crippen LogP contribution is 2.25. The van der Waals surface area contributed by atoms with E-state index in [1.165, 1.54) is 28.7 Å². The number of carbonyl (C=O) groups is 1. The quantitative estimate of drug-likeness (QED) is 0.745. The van der Waals surface area contributed by atoms with Crippen LogP contribution >= 0.6 is 0 Å². The van der Waals surface area contributed by atoms with Crippen LogP contribution in [0.2, 0.25) is 0 Å². The maximum absolute atomic E-state index is 14.0. The van der Waals surface area contributed by atoms with E-state index in [2.05, 4.69) is 15.6 Å². The smallest absolute Gasteiger partial charge is 0.323 e. The number of aromatic nitrogens is 1. The van der Waals surface area contributed by atoms with Gasteiger partial charge in [0.1, 0.15) is 17.7 Å². The Morgan fingerprint density at radius 1 is 1.31 bits per heavy atom. The summed E-state index contributed by atoms with van der Waals surface area (Å²) >= 11 is 0. The van der Waals surface area contributed by atoms with Gasteiger partial charge < -0.3 is 15.4 Å². The Bertz CT molecular complexity index is 956. The van der Waals surface area contributed by atoms with Crippen molar-refractivity contribution in [2.24, 2.45) is 0 Å². The number of amides is 2. The van der Waals surface area contributed by atoms with Gasteiger partial charge in [0, 0.05) is 30.6 Å². The van der Waals surface area contributed by atoms with Crippen LogP contribution in [0.25, 0.3) is 0 Å². The Hall–Kier alpha value is -2.72. The molecule has 1 saturated heterocycles. The van der Waals surface area contributed by atoms with Crippen molar-refractivity contribution in [3.8, 4) is 5.75 Å². The molecule has 1 aromatic carbocycles. The van der Waals surface area contributed by atoms with Gasteiger partial charge in [-0.25, -0.2) is 17.6 Å². The number of rotatable bonds is 6. The standard InChI is InChI=1S/C19H23FN4O4S/c1-2-29(26,27)24-8-4-6-17(13-24)28-18-10-14(20)9-16(11-18)23-19(25)22-15-5-3-7-21-12-15/h3,5,7,9-12,17H,2,4,6,8,13H2,1H3,(H2,22,23,25)/t17-/m1/s1. The summed E-state index contributed by atoms with van der Waals surface area (Å²) < 4.78 is 45.4. The first-order valence-electron chi connectivity index (χ1n) is 9.29. The number of piperidine rings is 1. The van der Waals surface area contributed by atoms with Crippen molar-refractivity contribution in [3.63, 3.8) is 0 Å². The summed E-state index contributed by atoms with van der Waals surface area (Å²) in [5.41, 5.74) is 0.715. The van der Waals surface area contributed by atoms with Crippen molar-refractivity contribution in [3.05, 3.63) is 48.5 Å². The van der Waals surface area contributed by atoms with Gasteiger partial charge in [-0.05, 0) is 38.0 Å². The SMILES string of the molecule is CCS(=O)(=O)N1CCC[C@@H](Oc2cc(F)cc(NC(=O)Nc3cccnc3)c2)C1. The number of hydrogen-bond acceptors (Lipinski definition) is 5. The average molecular weight is 422 g/mol. The fourth-order valence-electron chi connectivity index (χ4n) is 3.06. The number of halogens is 1. The normalized spacial score (nSPS) is 17.5. The molecule has 0 spiro atoms. The number of hydrogen-bond donors (Lipinski definition) is 2. The predicted octanol–water partition coefficient (Wildman–Crippen LogP) is 3.06. The van der Waals surface area contributed by atoms with Crippen LogP contribution in [-0.4, -0.2) is 48.7 Å². The first-order valence-corrected chi connectivity index (χ1v) is 10.9. The second-order valence-electron chi connectivity index (χ2n) is 6.64. The number of pyridine rings is 1. The van der Waals surface area contributed by atoms with Crippen LogP contribution in [0.15, 0.2) is 42.7 Å². The van der Waals surface area contributed by atoms with Gasteiger partial charge in [-0.2, -0.15) is 4.31 Å². The van der Waals surface area contributed by atoms with Crippen LogP contribution in [0, 0.1) is 5.82 Å². The predicted molar refractivity (Wildman–Crippen MR) is 108 cm³/mol. The number of urea groups is 1. The molecule has 2 amide bonds. The molecule has 0 aliphatic carbocycles. The van der Waals surface area contributed by atoms with Crippen molar-refractivity contribution in [1.82, 2.24) is 9.29 Å². The zero-order valence-electron chi connectivity index (χ0n) is 16.0. The van der Waals surface area contributed by atoms with Crippen LogP contribution in [0.4, 0.5) is 20.6 Å². The molecule has 0 unspecified atom stereocenters. The molecular weight excluding hydrogens is 399 g/mol. The third kappa shape index (κ3) is 5.88. The van der Waals surface area contributed by atoms with Gasteiger partial charge >= 0.3 is 6.03 Å². The number of nitrogens with one attached hydrogen (secondary N) is 2. The van der Waals surface area contributed by atoms with Crippen molar-refractivity contribution in [2.75, 3.05) is 29.5 Å². The average Bonchev–Trinajstić information content (AvgIpc) is 2.68. The topological polar surface area (TPSA) is 101 Å². The lowest BCUT2D eigenvalue weighted by atomic mass is 10.1. The molecule has 29 heavy (non-hydrogen) atoms. The number of sulfonamides is 1. The lowest BCUT2D eigenvalue weighted by Gasteiger charge is -2.32. The Morgan fingerprint density at radius 2 is 2.10 bits per heavy atom. The van der Waals surface area contributed by atoms with E-state index in [-0.39, 0.29) is 29.8 Å². The van der Waals surface area contributed by atoms with Gasteiger partial charge in [0.25, 0.3) is 0 Å². The largest absolute Gasteiger partial charge is 0.489 e. The first kappa shape index (κ1) is 21.0. The Morgan fingerprint density at radius 3 is 2.83 bits per heavy atom. The Labute approximate surface area is 169 Å². The van der Waals surface area contributed by atoms with Gasteiger partial charge in [-0.15, -0.1) is 0 Å². The summed E-state index contributed by atoms with van der Waals surface area (Å²) in [6.45, 7) is 2.28. The summed E-state index contributed by atoms with van der Waals surface area (Å²) in [7, 11) is -3.30. The minimum Gasteiger partial charge on any atom is -0.489 e. The fraction of sp³-hybridized carbons (Fsp3) is 0.368. The molecule has 3 rings (SSSR count). The summed E-state index contributed by atoms with van der Waals surface area (Å²) in [6.07, 6.45) is 4.01. The third-order valence-corrected chi connectivity index (χ3v) is 6.30. The van der Waals surface area contributed by atoms with E-state index in [9.17, 15) is 17.6 Å². The second kappa shape index (κ2) is 9.19. The zero-order chi connectivity index (χ0) is 20.9. The minimum atomic E-state index is -3.30. The van der Waals surface area contributed by atoms with E-state index in [1.54, 1.807) is 25.3 Å². The van der Waals surface area contributed by atoms with Crippen LogP contribution in [0.5, 0.6) is 5.75 Å². The summed E-state index contributed by atoms with van der Waals surface area (Å²) in [6, 6.07) is 6.68. The van der Waals surface area contributed by atoms with E-state index in [4.69, 9.17) is 4.74 Å². The van der Waals surface area contributed by atoms with Gasteiger partial charge in [-0.1, -0.05) is 0 Å². The lowest BCUT2D eigenvalue weighted by Crippen LogP contribution is -2.44. The van der Waals surface area contributed by atoms with Crippen LogP contribution < -0.4 is 15.4 Å². The highest BCUT2D eigenvalue weighted by atomic mass is 32.2. The summed E-state index contributed by atoms with van der Waals surface area (Å²) in [5, 5.41) is 5.14. The van der Waals surface area contributed by atoms with Crippen LogP contribution in [0.1, 0.15) is 19.8 Å². The number of benzene rings is 1. The molecule has 1 fully saturated rings. The molecule has 10 heteroatoms. The summed E-state index contributed by atoms with van der Waals surface area (Å²) in [5.74, 6) is -0.324. The van der Waals surface area contributed by atoms with Crippen molar-refractivity contribution in [2.45, 2.75) is 25.9 Å². The minimum absolute atomic E-state index is 0.0276. The highest BCUT2D eigenvalue weighted by Gasteiger charge is 2.28.